The number of rotatable bonds is 6. The Hall–Kier alpha value is -1.84. The summed E-state index contributed by atoms with van der Waals surface area (Å²) in [5, 5.41) is 8.84. The Morgan fingerprint density at radius 2 is 2.15 bits per heavy atom. The molecule has 0 unspecified atom stereocenters. The Balaban J connectivity index is 2.43. The molecule has 0 amide bonds. The molecule has 0 saturated carbocycles. The number of hydrogen-bond donors (Lipinski definition) is 2. The normalized spacial score (nSPS) is 10.7. The maximum Gasteiger partial charge on any atom is 0.335 e. The first-order valence-electron chi connectivity index (χ1n) is 6.24. The van der Waals surface area contributed by atoms with Gasteiger partial charge in [-0.15, -0.1) is 0 Å². The summed E-state index contributed by atoms with van der Waals surface area (Å²) < 4.78 is 24.8. The Morgan fingerprint density at radius 1 is 1.40 bits per heavy atom. The highest BCUT2D eigenvalue weighted by Crippen LogP contribution is 2.04. The molecule has 0 aliphatic rings. The average molecular weight is 295 g/mol. The molecule has 1 aromatic rings. The number of carboxylic acid groups (broad SMARTS) is 1. The molecule has 0 radical (unpaired) electrons. The van der Waals surface area contributed by atoms with E-state index in [4.69, 9.17) is 5.11 Å². The van der Waals surface area contributed by atoms with Crippen LogP contribution in [-0.2, 0) is 10.0 Å². The predicted molar refractivity (Wildman–Crippen MR) is 77.0 cm³/mol. The molecule has 6 heteroatoms. The van der Waals surface area contributed by atoms with Gasteiger partial charge in [-0.1, -0.05) is 17.9 Å². The molecule has 0 atom stereocenters. The minimum atomic E-state index is -3.14. The zero-order valence-corrected chi connectivity index (χ0v) is 12.0. The molecule has 20 heavy (non-hydrogen) atoms. The highest BCUT2D eigenvalue weighted by atomic mass is 32.2. The smallest absolute Gasteiger partial charge is 0.335 e. The van der Waals surface area contributed by atoms with Gasteiger partial charge in [-0.25, -0.2) is 17.9 Å². The SMILES string of the molecule is CCS(=O)(=O)NCCCC#Cc1cccc(C(=O)O)c1. The first-order chi connectivity index (χ1) is 9.44. The van der Waals surface area contributed by atoms with Crippen LogP contribution in [0, 0.1) is 11.8 Å². The van der Waals surface area contributed by atoms with Gasteiger partial charge >= 0.3 is 5.97 Å². The summed E-state index contributed by atoms with van der Waals surface area (Å²) in [6.45, 7) is 1.94. The summed E-state index contributed by atoms with van der Waals surface area (Å²) in [6.07, 6.45) is 1.16. The second-order valence-corrected chi connectivity index (χ2v) is 6.18. The number of sulfonamides is 1. The lowest BCUT2D eigenvalue weighted by Gasteiger charge is -2.01. The van der Waals surface area contributed by atoms with E-state index in [9.17, 15) is 13.2 Å². The van der Waals surface area contributed by atoms with Gasteiger partial charge < -0.3 is 5.11 Å². The van der Waals surface area contributed by atoms with Crippen LogP contribution in [0.3, 0.4) is 0 Å². The third-order valence-electron chi connectivity index (χ3n) is 2.52. The van der Waals surface area contributed by atoms with Gasteiger partial charge in [0.25, 0.3) is 0 Å². The van der Waals surface area contributed by atoms with Gasteiger partial charge in [-0.3, -0.25) is 0 Å². The van der Waals surface area contributed by atoms with Crippen LogP contribution in [0.25, 0.3) is 0 Å². The summed E-state index contributed by atoms with van der Waals surface area (Å²) in [5.41, 5.74) is 0.839. The van der Waals surface area contributed by atoms with Crippen molar-refractivity contribution >= 4 is 16.0 Å². The van der Waals surface area contributed by atoms with E-state index in [1.807, 2.05) is 0 Å². The van der Waals surface area contributed by atoms with Gasteiger partial charge in [-0.2, -0.15) is 0 Å². The maximum absolute atomic E-state index is 11.2. The highest BCUT2D eigenvalue weighted by Gasteiger charge is 2.03. The molecule has 0 aromatic heterocycles. The van der Waals surface area contributed by atoms with E-state index < -0.39 is 16.0 Å². The van der Waals surface area contributed by atoms with Gasteiger partial charge in [0.15, 0.2) is 0 Å². The van der Waals surface area contributed by atoms with Crippen molar-refractivity contribution in [2.24, 2.45) is 0 Å². The van der Waals surface area contributed by atoms with Crippen LogP contribution in [0.1, 0.15) is 35.7 Å². The molecule has 0 saturated heterocycles. The van der Waals surface area contributed by atoms with E-state index in [0.29, 0.717) is 24.9 Å². The molecule has 0 fully saturated rings. The van der Waals surface area contributed by atoms with E-state index >= 15 is 0 Å². The number of carbonyl (C=O) groups is 1. The van der Waals surface area contributed by atoms with Crippen molar-refractivity contribution in [1.29, 1.82) is 0 Å². The second kappa shape index (κ2) is 7.68. The Labute approximate surface area is 119 Å². The molecule has 0 aliphatic carbocycles. The predicted octanol–water partition coefficient (Wildman–Crippen LogP) is 1.46. The molecule has 0 aliphatic heterocycles. The van der Waals surface area contributed by atoms with Crippen LogP contribution in [0.5, 0.6) is 0 Å². The lowest BCUT2D eigenvalue weighted by molar-refractivity contribution is 0.0697. The second-order valence-electron chi connectivity index (χ2n) is 4.09. The Kier molecular flexibility index (Phi) is 6.22. The lowest BCUT2D eigenvalue weighted by Crippen LogP contribution is -2.26. The van der Waals surface area contributed by atoms with Gasteiger partial charge in [0.2, 0.25) is 10.0 Å². The van der Waals surface area contributed by atoms with Crippen molar-refractivity contribution < 1.29 is 18.3 Å². The summed E-state index contributed by atoms with van der Waals surface area (Å²) in [5.74, 6) is 4.84. The van der Waals surface area contributed by atoms with Crippen molar-refractivity contribution in [3.63, 3.8) is 0 Å². The van der Waals surface area contributed by atoms with E-state index in [1.54, 1.807) is 19.1 Å². The van der Waals surface area contributed by atoms with Crippen LogP contribution >= 0.6 is 0 Å². The lowest BCUT2D eigenvalue weighted by atomic mass is 10.1. The molecule has 0 heterocycles. The van der Waals surface area contributed by atoms with Crippen molar-refractivity contribution in [3.8, 4) is 11.8 Å². The summed E-state index contributed by atoms with van der Waals surface area (Å²) in [4.78, 5) is 10.8. The molecule has 5 nitrogen and oxygen atoms in total. The number of carboxylic acids is 1. The van der Waals surface area contributed by atoms with Gasteiger partial charge in [0.1, 0.15) is 0 Å². The van der Waals surface area contributed by atoms with E-state index in [1.165, 1.54) is 12.1 Å². The third kappa shape index (κ3) is 5.87. The number of aromatic carboxylic acids is 1. The minimum absolute atomic E-state index is 0.0701. The molecule has 0 spiro atoms. The van der Waals surface area contributed by atoms with Gasteiger partial charge in [-0.05, 0) is 31.5 Å². The van der Waals surface area contributed by atoms with Crippen molar-refractivity contribution in [2.45, 2.75) is 19.8 Å². The standard InChI is InChI=1S/C14H17NO4S/c1-2-20(18,19)15-10-5-3-4-7-12-8-6-9-13(11-12)14(16)17/h6,8-9,11,15H,2-3,5,10H2,1H3,(H,16,17). The highest BCUT2D eigenvalue weighted by molar-refractivity contribution is 7.89. The molecular weight excluding hydrogens is 278 g/mol. The molecular formula is C14H17NO4S. The fourth-order valence-electron chi connectivity index (χ4n) is 1.40. The summed E-state index contributed by atoms with van der Waals surface area (Å²) in [7, 11) is -3.14. The first-order valence-corrected chi connectivity index (χ1v) is 7.89. The van der Waals surface area contributed by atoms with Crippen molar-refractivity contribution in [1.82, 2.24) is 4.72 Å². The Bertz CT molecular complexity index is 626. The first kappa shape index (κ1) is 16.2. The Morgan fingerprint density at radius 3 is 2.80 bits per heavy atom. The number of nitrogens with one attached hydrogen (secondary N) is 1. The van der Waals surface area contributed by atoms with Crippen LogP contribution in [0.4, 0.5) is 0 Å². The van der Waals surface area contributed by atoms with E-state index in [0.717, 1.165) is 0 Å². The van der Waals surface area contributed by atoms with Crippen LogP contribution in [-0.4, -0.2) is 31.8 Å². The van der Waals surface area contributed by atoms with Crippen LogP contribution in [0.15, 0.2) is 24.3 Å². The van der Waals surface area contributed by atoms with Crippen LogP contribution in [0.2, 0.25) is 0 Å². The third-order valence-corrected chi connectivity index (χ3v) is 3.93. The largest absolute Gasteiger partial charge is 0.478 e. The molecule has 1 aromatic carbocycles. The van der Waals surface area contributed by atoms with Crippen molar-refractivity contribution in [3.05, 3.63) is 35.4 Å². The number of hydrogen-bond acceptors (Lipinski definition) is 3. The fourth-order valence-corrected chi connectivity index (χ4v) is 2.06. The number of benzene rings is 1. The van der Waals surface area contributed by atoms with E-state index in [-0.39, 0.29) is 11.3 Å². The van der Waals surface area contributed by atoms with E-state index in [2.05, 4.69) is 16.6 Å². The minimum Gasteiger partial charge on any atom is -0.478 e. The summed E-state index contributed by atoms with van der Waals surface area (Å²) >= 11 is 0. The van der Waals surface area contributed by atoms with Crippen molar-refractivity contribution in [2.75, 3.05) is 12.3 Å². The monoisotopic (exact) mass is 295 g/mol. The quantitative estimate of drug-likeness (QED) is 0.614. The molecule has 1 rings (SSSR count). The maximum atomic E-state index is 11.2. The van der Waals surface area contributed by atoms with Crippen LogP contribution < -0.4 is 4.72 Å². The zero-order chi connectivity index (χ0) is 15.0. The van der Waals surface area contributed by atoms with Gasteiger partial charge in [0.05, 0.1) is 11.3 Å². The molecule has 2 N–H and O–H groups in total. The molecule has 0 bridgehead atoms. The van der Waals surface area contributed by atoms with Gasteiger partial charge in [0, 0.05) is 18.5 Å². The summed E-state index contributed by atoms with van der Waals surface area (Å²) in [6, 6.07) is 6.39. The average Bonchev–Trinajstić information content (AvgIpc) is 2.43. The zero-order valence-electron chi connectivity index (χ0n) is 11.2. The topological polar surface area (TPSA) is 83.5 Å². The molecule has 108 valence electrons. The number of unbranched alkanes of at least 4 members (excludes halogenated alkanes) is 1. The fraction of sp³-hybridized carbons (Fsp3) is 0.357.